The average Bonchev–Trinajstić information content (AvgIpc) is 3.36. The summed E-state index contributed by atoms with van der Waals surface area (Å²) in [5, 5.41) is 21.2. The van der Waals surface area contributed by atoms with Crippen molar-refractivity contribution in [3.8, 4) is 11.4 Å². The highest BCUT2D eigenvalue weighted by atomic mass is 79.9. The van der Waals surface area contributed by atoms with E-state index >= 15 is 0 Å². The molecule has 9 nitrogen and oxygen atoms in total. The van der Waals surface area contributed by atoms with Gasteiger partial charge in [-0.05, 0) is 59.5 Å². The number of rotatable bonds is 8. The number of aromatic amines is 1. The van der Waals surface area contributed by atoms with E-state index < -0.39 is 0 Å². The number of piperazine rings is 1. The highest BCUT2D eigenvalue weighted by Crippen LogP contribution is 2.32. The number of halogens is 2. The fourth-order valence-corrected chi connectivity index (χ4v) is 6.25. The average molecular weight is 691 g/mol. The van der Waals surface area contributed by atoms with Gasteiger partial charge in [-0.25, -0.2) is 4.98 Å². The van der Waals surface area contributed by atoms with E-state index in [1.807, 2.05) is 30.3 Å². The molecule has 1 aliphatic rings. The summed E-state index contributed by atoms with van der Waals surface area (Å²) in [6, 6.07) is 23.0. The molecule has 0 amide bonds. The monoisotopic (exact) mass is 689 g/mol. The molecule has 4 N–H and O–H groups in total. The number of anilines is 3. The van der Waals surface area contributed by atoms with Crippen molar-refractivity contribution in [2.45, 2.75) is 33.0 Å². The number of hydrogen-bond donors (Lipinski definition) is 3. The molecule has 0 saturated carbocycles. The zero-order valence-corrected chi connectivity index (χ0v) is 26.7. The van der Waals surface area contributed by atoms with E-state index in [-0.39, 0.29) is 0 Å². The van der Waals surface area contributed by atoms with Crippen LogP contribution in [0.4, 0.5) is 17.5 Å². The molecular weight excluding hydrogens is 658 g/mol. The van der Waals surface area contributed by atoms with Gasteiger partial charge in [0, 0.05) is 58.7 Å². The number of nitrogen functional groups attached to an aromatic ring is 1. The van der Waals surface area contributed by atoms with Crippen LogP contribution >= 0.6 is 31.9 Å². The summed E-state index contributed by atoms with van der Waals surface area (Å²) < 4.78 is 2.08. The first-order chi connectivity index (χ1) is 20.3. The van der Waals surface area contributed by atoms with E-state index in [1.165, 1.54) is 0 Å². The summed E-state index contributed by atoms with van der Waals surface area (Å²) >= 11 is 7.28. The molecule has 3 heterocycles. The molecule has 6 rings (SSSR count). The Balaban J connectivity index is 1.46. The second-order valence-corrected chi connectivity index (χ2v) is 12.8. The van der Waals surface area contributed by atoms with Gasteiger partial charge in [0.1, 0.15) is 0 Å². The van der Waals surface area contributed by atoms with Crippen molar-refractivity contribution in [2.24, 2.45) is 5.92 Å². The Kier molecular flexibility index (Phi) is 8.41. The number of H-pyrrole nitrogens is 1. The molecule has 1 aliphatic heterocycles. The Labute approximate surface area is 262 Å². The summed E-state index contributed by atoms with van der Waals surface area (Å²) in [5.41, 5.74) is 10.2. The molecule has 2 aromatic heterocycles. The SMILES string of the molecule is CC(C)[C@H]1CN(c2nc(-c3ccc4[nH]nc(N)c4c3)nnc2N(Cc2cccc(Br)c2)Cc2cccc(Br)c2)CCN1. The van der Waals surface area contributed by atoms with Crippen LogP contribution in [0, 0.1) is 5.92 Å². The summed E-state index contributed by atoms with van der Waals surface area (Å²) in [5.74, 6) is 3.08. The molecule has 0 unspecified atom stereocenters. The van der Waals surface area contributed by atoms with Crippen LogP contribution in [-0.4, -0.2) is 51.1 Å². The molecule has 0 bridgehead atoms. The van der Waals surface area contributed by atoms with Crippen molar-refractivity contribution in [3.63, 3.8) is 0 Å². The van der Waals surface area contributed by atoms with Crippen LogP contribution in [-0.2, 0) is 13.1 Å². The molecule has 1 saturated heterocycles. The smallest absolute Gasteiger partial charge is 0.195 e. The fourth-order valence-electron chi connectivity index (χ4n) is 5.36. The second kappa shape index (κ2) is 12.4. The van der Waals surface area contributed by atoms with Gasteiger partial charge < -0.3 is 20.9 Å². The van der Waals surface area contributed by atoms with Crippen molar-refractivity contribution in [3.05, 3.63) is 86.8 Å². The molecule has 5 aromatic rings. The van der Waals surface area contributed by atoms with Crippen LogP contribution in [0.3, 0.4) is 0 Å². The number of benzene rings is 3. The lowest BCUT2D eigenvalue weighted by Crippen LogP contribution is -2.53. The minimum atomic E-state index is 0.343. The Bertz CT molecular complexity index is 1660. The van der Waals surface area contributed by atoms with Crippen LogP contribution in [0.2, 0.25) is 0 Å². The zero-order chi connectivity index (χ0) is 29.2. The summed E-state index contributed by atoms with van der Waals surface area (Å²) in [4.78, 5) is 9.84. The third kappa shape index (κ3) is 6.28. The quantitative estimate of drug-likeness (QED) is 0.178. The minimum absolute atomic E-state index is 0.343. The van der Waals surface area contributed by atoms with E-state index in [1.54, 1.807) is 0 Å². The summed E-state index contributed by atoms with van der Waals surface area (Å²) in [6.07, 6.45) is 0. The number of nitrogens with two attached hydrogens (primary N) is 1. The molecule has 0 radical (unpaired) electrons. The van der Waals surface area contributed by atoms with Crippen molar-refractivity contribution in [2.75, 3.05) is 35.2 Å². The van der Waals surface area contributed by atoms with Gasteiger partial charge in [-0.1, -0.05) is 70.0 Å². The molecule has 3 aromatic carbocycles. The van der Waals surface area contributed by atoms with Gasteiger partial charge in [-0.3, -0.25) is 5.10 Å². The standard InChI is InChI=1S/C31H33Br2N9/c1-19(2)27-18-41(12-11-35-27)30-31(40-39-29(36-30)22-9-10-26-25(15-22)28(34)38-37-26)42(16-20-5-3-7-23(32)13-20)17-21-6-4-8-24(33)14-21/h3-10,13-15,19,27,35H,11-12,16-18H2,1-2H3,(H3,34,37,38)/t27-/m1/s1. The topological polar surface area (TPSA) is 112 Å². The molecule has 42 heavy (non-hydrogen) atoms. The lowest BCUT2D eigenvalue weighted by molar-refractivity contribution is 0.367. The highest BCUT2D eigenvalue weighted by Gasteiger charge is 2.28. The number of nitrogens with one attached hydrogen (secondary N) is 2. The van der Waals surface area contributed by atoms with Gasteiger partial charge in [0.05, 0.1) is 5.52 Å². The fraction of sp³-hybridized carbons (Fsp3) is 0.290. The third-order valence-electron chi connectivity index (χ3n) is 7.64. The van der Waals surface area contributed by atoms with Gasteiger partial charge in [-0.15, -0.1) is 10.2 Å². The highest BCUT2D eigenvalue weighted by molar-refractivity contribution is 9.10. The van der Waals surface area contributed by atoms with Crippen LogP contribution in [0.25, 0.3) is 22.3 Å². The Hall–Kier alpha value is -3.54. The Morgan fingerprint density at radius 2 is 1.69 bits per heavy atom. The van der Waals surface area contributed by atoms with Crippen LogP contribution in [0.1, 0.15) is 25.0 Å². The molecule has 216 valence electrons. The lowest BCUT2D eigenvalue weighted by Gasteiger charge is -2.38. The Morgan fingerprint density at radius 3 is 2.36 bits per heavy atom. The zero-order valence-electron chi connectivity index (χ0n) is 23.6. The number of aromatic nitrogens is 5. The largest absolute Gasteiger partial charge is 0.382 e. The maximum absolute atomic E-state index is 6.12. The second-order valence-electron chi connectivity index (χ2n) is 11.0. The first kappa shape index (κ1) is 28.6. The molecule has 1 atom stereocenters. The Morgan fingerprint density at radius 1 is 0.976 bits per heavy atom. The number of hydrogen-bond acceptors (Lipinski definition) is 8. The molecular formula is C31H33Br2N9. The van der Waals surface area contributed by atoms with E-state index in [2.05, 4.69) is 113 Å². The summed E-state index contributed by atoms with van der Waals surface area (Å²) in [7, 11) is 0. The lowest BCUT2D eigenvalue weighted by atomic mass is 10.0. The number of fused-ring (bicyclic) bond motifs is 1. The van der Waals surface area contributed by atoms with Crippen LogP contribution in [0.15, 0.2) is 75.7 Å². The molecule has 11 heteroatoms. The van der Waals surface area contributed by atoms with Crippen molar-refractivity contribution in [1.29, 1.82) is 0 Å². The van der Waals surface area contributed by atoms with Gasteiger partial charge >= 0.3 is 0 Å². The first-order valence-electron chi connectivity index (χ1n) is 14.0. The van der Waals surface area contributed by atoms with Crippen molar-refractivity contribution < 1.29 is 0 Å². The van der Waals surface area contributed by atoms with E-state index in [9.17, 15) is 0 Å². The predicted octanol–water partition coefficient (Wildman–Crippen LogP) is 6.16. The number of nitrogens with zero attached hydrogens (tertiary/aromatic N) is 6. The van der Waals surface area contributed by atoms with Crippen molar-refractivity contribution >= 4 is 60.2 Å². The van der Waals surface area contributed by atoms with Gasteiger partial charge in [0.2, 0.25) is 0 Å². The minimum Gasteiger partial charge on any atom is -0.382 e. The van der Waals surface area contributed by atoms with Gasteiger partial charge in [0.25, 0.3) is 0 Å². The third-order valence-corrected chi connectivity index (χ3v) is 8.62. The first-order valence-corrected chi connectivity index (χ1v) is 15.6. The normalized spacial score (nSPS) is 15.5. The van der Waals surface area contributed by atoms with E-state index in [0.29, 0.717) is 36.7 Å². The maximum Gasteiger partial charge on any atom is 0.195 e. The van der Waals surface area contributed by atoms with Crippen LogP contribution < -0.4 is 20.9 Å². The maximum atomic E-state index is 6.12. The van der Waals surface area contributed by atoms with Gasteiger partial charge in [0.15, 0.2) is 23.3 Å². The predicted molar refractivity (Wildman–Crippen MR) is 176 cm³/mol. The van der Waals surface area contributed by atoms with E-state index in [4.69, 9.17) is 15.8 Å². The van der Waals surface area contributed by atoms with Crippen LogP contribution in [0.5, 0.6) is 0 Å². The molecule has 0 aliphatic carbocycles. The molecule has 0 spiro atoms. The van der Waals surface area contributed by atoms with Gasteiger partial charge in [-0.2, -0.15) is 5.10 Å². The van der Waals surface area contributed by atoms with E-state index in [0.717, 1.165) is 67.8 Å². The molecule has 1 fully saturated rings. The summed E-state index contributed by atoms with van der Waals surface area (Å²) in [6.45, 7) is 8.32. The van der Waals surface area contributed by atoms with Crippen molar-refractivity contribution in [1.82, 2.24) is 30.7 Å².